The van der Waals surface area contributed by atoms with Crippen molar-refractivity contribution in [2.24, 2.45) is 0 Å². The highest BCUT2D eigenvalue weighted by Crippen LogP contribution is 2.32. The maximum Gasteiger partial charge on any atom is 0.411 e. The minimum atomic E-state index is -0.509. The molecule has 1 aliphatic rings. The summed E-state index contributed by atoms with van der Waals surface area (Å²) in [6.45, 7) is 7.41. The summed E-state index contributed by atoms with van der Waals surface area (Å²) in [5.41, 5.74) is 4.83. The van der Waals surface area contributed by atoms with Gasteiger partial charge in [0.15, 0.2) is 4.34 Å². The first-order valence-electron chi connectivity index (χ1n) is 12.4. The number of ether oxygens (including phenoxy) is 2. The van der Waals surface area contributed by atoms with Crippen LogP contribution >= 0.6 is 23.1 Å². The van der Waals surface area contributed by atoms with Crippen LogP contribution in [0, 0.1) is 0 Å². The van der Waals surface area contributed by atoms with Gasteiger partial charge in [-0.15, -0.1) is 11.3 Å². The first-order valence-corrected chi connectivity index (χ1v) is 14.2. The third kappa shape index (κ3) is 7.03. The molecule has 3 heterocycles. The molecule has 1 amide bonds. The van der Waals surface area contributed by atoms with Gasteiger partial charge < -0.3 is 19.7 Å². The normalized spacial score (nSPS) is 13.3. The van der Waals surface area contributed by atoms with Crippen LogP contribution in [0.2, 0.25) is 0 Å². The topological polar surface area (TPSA) is 88.6 Å². The lowest BCUT2D eigenvalue weighted by molar-refractivity contribution is 0.122. The van der Waals surface area contributed by atoms with E-state index >= 15 is 0 Å². The Morgan fingerprint density at radius 2 is 2.00 bits per heavy atom. The quantitative estimate of drug-likeness (QED) is 0.180. The van der Waals surface area contributed by atoms with Crippen LogP contribution in [0.4, 0.5) is 22.0 Å². The Labute approximate surface area is 230 Å². The summed E-state index contributed by atoms with van der Waals surface area (Å²) in [5, 5.41) is 6.21. The number of nitrogens with one attached hydrogen (secondary N) is 2. The Morgan fingerprint density at radius 3 is 2.84 bits per heavy atom. The van der Waals surface area contributed by atoms with Gasteiger partial charge in [0.05, 0.1) is 29.1 Å². The number of fused-ring (bicyclic) bond motifs is 1. The van der Waals surface area contributed by atoms with Crippen molar-refractivity contribution in [1.82, 2.24) is 9.97 Å². The molecular formula is C28H29N5O3S2. The summed E-state index contributed by atoms with van der Waals surface area (Å²) in [6.07, 6.45) is 1.02. The average Bonchev–Trinajstić information content (AvgIpc) is 3.38. The monoisotopic (exact) mass is 547 g/mol. The van der Waals surface area contributed by atoms with Gasteiger partial charge in [-0.3, -0.25) is 5.32 Å². The molecule has 0 spiro atoms. The molecule has 1 fully saturated rings. The molecule has 0 saturated carbocycles. The lowest BCUT2D eigenvalue weighted by atomic mass is 10.2. The highest BCUT2D eigenvalue weighted by Gasteiger charge is 2.15. The summed E-state index contributed by atoms with van der Waals surface area (Å²) < 4.78 is 12.8. The highest BCUT2D eigenvalue weighted by atomic mass is 32.2. The maximum atomic E-state index is 11.9. The van der Waals surface area contributed by atoms with E-state index in [1.54, 1.807) is 23.1 Å². The first kappa shape index (κ1) is 26.0. The van der Waals surface area contributed by atoms with E-state index in [-0.39, 0.29) is 6.61 Å². The second kappa shape index (κ2) is 12.8. The molecule has 5 rings (SSSR count). The standard InChI is InChI=1S/C28H29N5O3S2/c1-2-12-36-27(34)31-21-7-5-6-20(15-21)18-29-26-17-23(33-10-13-35-14-11-33)16-22(30-26)19-37-28-32-24-8-3-4-9-25(24)38-28/h2-9,15-17H,1,10-14,18-19H2,(H,29,30)(H,31,34). The van der Waals surface area contributed by atoms with Gasteiger partial charge in [0.25, 0.3) is 0 Å². The van der Waals surface area contributed by atoms with Crippen LogP contribution in [-0.2, 0) is 21.8 Å². The molecule has 2 aromatic heterocycles. The van der Waals surface area contributed by atoms with Crippen molar-refractivity contribution >= 4 is 56.6 Å². The fourth-order valence-electron chi connectivity index (χ4n) is 4.03. The highest BCUT2D eigenvalue weighted by molar-refractivity contribution is 8.00. The number of aromatic nitrogens is 2. The van der Waals surface area contributed by atoms with Crippen molar-refractivity contribution in [3.63, 3.8) is 0 Å². The van der Waals surface area contributed by atoms with E-state index in [0.717, 1.165) is 64.7 Å². The number of anilines is 3. The smallest absolute Gasteiger partial charge is 0.411 e. The summed E-state index contributed by atoms with van der Waals surface area (Å²) >= 11 is 3.41. The number of rotatable bonds is 10. The van der Waals surface area contributed by atoms with E-state index in [1.807, 2.05) is 42.5 Å². The van der Waals surface area contributed by atoms with Gasteiger partial charge in [-0.25, -0.2) is 14.8 Å². The summed E-state index contributed by atoms with van der Waals surface area (Å²) in [6, 6.07) is 20.1. The van der Waals surface area contributed by atoms with Gasteiger partial charge in [-0.2, -0.15) is 0 Å². The number of nitrogens with zero attached hydrogens (tertiary/aromatic N) is 3. The van der Waals surface area contributed by atoms with Gasteiger partial charge >= 0.3 is 6.09 Å². The van der Waals surface area contributed by atoms with Crippen molar-refractivity contribution in [3.05, 3.63) is 84.6 Å². The van der Waals surface area contributed by atoms with Gasteiger partial charge in [0, 0.05) is 42.8 Å². The second-order valence-electron chi connectivity index (χ2n) is 8.60. The van der Waals surface area contributed by atoms with Crippen LogP contribution in [-0.4, -0.2) is 49.0 Å². The number of benzene rings is 2. The Morgan fingerprint density at radius 1 is 1.13 bits per heavy atom. The van der Waals surface area contributed by atoms with E-state index in [2.05, 4.69) is 40.3 Å². The molecular weight excluding hydrogens is 518 g/mol. The molecule has 4 aromatic rings. The molecule has 0 radical (unpaired) electrons. The van der Waals surface area contributed by atoms with Crippen molar-refractivity contribution in [1.29, 1.82) is 0 Å². The number of carbonyl (C=O) groups is 1. The van der Waals surface area contributed by atoms with Gasteiger partial charge in [-0.05, 0) is 35.9 Å². The van der Waals surface area contributed by atoms with Crippen LogP contribution in [0.5, 0.6) is 0 Å². The van der Waals surface area contributed by atoms with Crippen LogP contribution in [0.15, 0.2) is 77.7 Å². The van der Waals surface area contributed by atoms with Crippen LogP contribution in [0.1, 0.15) is 11.3 Å². The summed E-state index contributed by atoms with van der Waals surface area (Å²) in [5.74, 6) is 1.52. The van der Waals surface area contributed by atoms with Crippen molar-refractivity contribution in [3.8, 4) is 0 Å². The fraction of sp³-hybridized carbons (Fsp3) is 0.250. The number of thiazole rings is 1. The van der Waals surface area contributed by atoms with Crippen molar-refractivity contribution in [2.75, 3.05) is 48.4 Å². The number of hydrogen-bond donors (Lipinski definition) is 2. The summed E-state index contributed by atoms with van der Waals surface area (Å²) in [4.78, 5) is 23.9. The van der Waals surface area contributed by atoms with Crippen molar-refractivity contribution in [2.45, 2.75) is 16.6 Å². The molecule has 1 saturated heterocycles. The van der Waals surface area contributed by atoms with E-state index in [9.17, 15) is 4.79 Å². The van der Waals surface area contributed by atoms with Crippen LogP contribution < -0.4 is 15.5 Å². The second-order valence-corrected chi connectivity index (χ2v) is 10.9. The Bertz CT molecular complexity index is 1370. The molecule has 38 heavy (non-hydrogen) atoms. The molecule has 0 bridgehead atoms. The van der Waals surface area contributed by atoms with E-state index < -0.39 is 6.09 Å². The Balaban J connectivity index is 1.29. The minimum Gasteiger partial charge on any atom is -0.445 e. The molecule has 2 N–H and O–H groups in total. The predicted octanol–water partition coefficient (Wildman–Crippen LogP) is 6.17. The number of amides is 1. The molecule has 196 valence electrons. The molecule has 2 aromatic carbocycles. The first-order chi connectivity index (χ1) is 18.7. The zero-order valence-electron chi connectivity index (χ0n) is 20.9. The molecule has 0 aliphatic carbocycles. The van der Waals surface area contributed by atoms with Gasteiger partial charge in [-0.1, -0.05) is 48.7 Å². The molecule has 10 heteroatoms. The van der Waals surface area contributed by atoms with E-state index in [0.29, 0.717) is 12.2 Å². The maximum absolute atomic E-state index is 11.9. The molecule has 1 aliphatic heterocycles. The molecule has 0 unspecified atom stereocenters. The molecule has 0 atom stereocenters. The zero-order valence-corrected chi connectivity index (χ0v) is 22.5. The minimum absolute atomic E-state index is 0.165. The van der Waals surface area contributed by atoms with Crippen LogP contribution in [0.3, 0.4) is 0 Å². The number of morpholine rings is 1. The average molecular weight is 548 g/mol. The third-order valence-corrected chi connectivity index (χ3v) is 8.05. The van der Waals surface area contributed by atoms with Crippen molar-refractivity contribution < 1.29 is 14.3 Å². The zero-order chi connectivity index (χ0) is 26.2. The largest absolute Gasteiger partial charge is 0.445 e. The number of para-hydroxylation sites is 1. The number of pyridine rings is 1. The van der Waals surface area contributed by atoms with Gasteiger partial charge in [0.2, 0.25) is 0 Å². The lowest BCUT2D eigenvalue weighted by Gasteiger charge is -2.29. The predicted molar refractivity (Wildman–Crippen MR) is 155 cm³/mol. The Hall–Kier alpha value is -3.60. The number of thioether (sulfide) groups is 1. The van der Waals surface area contributed by atoms with E-state index in [4.69, 9.17) is 19.4 Å². The third-order valence-electron chi connectivity index (χ3n) is 5.84. The SMILES string of the molecule is C=CCOC(=O)Nc1cccc(CNc2cc(N3CCOCC3)cc(CSc3nc4ccccc4s3)n2)c1. The Kier molecular flexibility index (Phi) is 8.75. The number of hydrogen-bond acceptors (Lipinski definition) is 9. The van der Waals surface area contributed by atoms with E-state index in [1.165, 1.54) is 10.8 Å². The summed E-state index contributed by atoms with van der Waals surface area (Å²) in [7, 11) is 0. The van der Waals surface area contributed by atoms with Crippen LogP contribution in [0.25, 0.3) is 10.2 Å². The lowest BCUT2D eigenvalue weighted by Crippen LogP contribution is -2.36. The van der Waals surface area contributed by atoms with Gasteiger partial charge in [0.1, 0.15) is 12.4 Å². The fourth-order valence-corrected chi connectivity index (χ4v) is 5.99. The molecule has 8 nitrogen and oxygen atoms in total. The number of carbonyl (C=O) groups excluding carboxylic acids is 1.